The molecule has 2 aromatic rings. The van der Waals surface area contributed by atoms with Crippen LogP contribution in [0.2, 0.25) is 0 Å². The molecule has 1 fully saturated rings. The minimum Gasteiger partial charge on any atom is -0.378 e. The van der Waals surface area contributed by atoms with E-state index in [0.717, 1.165) is 9.78 Å². The lowest BCUT2D eigenvalue weighted by molar-refractivity contribution is -0.138. The summed E-state index contributed by atoms with van der Waals surface area (Å²) in [5, 5.41) is 1.87. The second kappa shape index (κ2) is 7.01. The predicted molar refractivity (Wildman–Crippen MR) is 95.6 cm³/mol. The maximum Gasteiger partial charge on any atom is 0.278 e. The lowest BCUT2D eigenvalue weighted by Crippen LogP contribution is -2.40. The van der Waals surface area contributed by atoms with Crippen LogP contribution in [0.15, 0.2) is 47.5 Å². The van der Waals surface area contributed by atoms with E-state index in [1.165, 1.54) is 17.4 Å². The summed E-state index contributed by atoms with van der Waals surface area (Å²) in [7, 11) is 0. The zero-order chi connectivity index (χ0) is 18.1. The molecule has 0 N–H and O–H groups in total. The lowest BCUT2D eigenvalue weighted by atomic mass is 10.1. The van der Waals surface area contributed by atoms with Crippen molar-refractivity contribution in [1.82, 2.24) is 9.80 Å². The van der Waals surface area contributed by atoms with Crippen molar-refractivity contribution in [1.29, 1.82) is 0 Å². The van der Waals surface area contributed by atoms with Gasteiger partial charge in [-0.15, -0.1) is 11.3 Å². The Balaban J connectivity index is 1.72. The maximum atomic E-state index is 14.0. The quantitative estimate of drug-likeness (QED) is 0.774. The molecule has 0 atom stereocenters. The Bertz CT molecular complexity index is 873. The van der Waals surface area contributed by atoms with Crippen molar-refractivity contribution < 1.29 is 18.7 Å². The van der Waals surface area contributed by atoms with Crippen molar-refractivity contribution in [2.45, 2.75) is 6.54 Å². The van der Waals surface area contributed by atoms with Crippen LogP contribution >= 0.6 is 11.3 Å². The summed E-state index contributed by atoms with van der Waals surface area (Å²) in [6.07, 6.45) is 0. The van der Waals surface area contributed by atoms with Crippen LogP contribution in [0.3, 0.4) is 0 Å². The highest BCUT2D eigenvalue weighted by atomic mass is 32.1. The number of hydrogen-bond donors (Lipinski definition) is 0. The Morgan fingerprint density at radius 1 is 1.04 bits per heavy atom. The van der Waals surface area contributed by atoms with E-state index in [1.54, 1.807) is 18.2 Å². The van der Waals surface area contributed by atoms with Gasteiger partial charge in [-0.2, -0.15) is 0 Å². The first kappa shape index (κ1) is 16.9. The van der Waals surface area contributed by atoms with E-state index >= 15 is 0 Å². The Morgan fingerprint density at radius 2 is 1.81 bits per heavy atom. The molecule has 1 saturated heterocycles. The van der Waals surface area contributed by atoms with Gasteiger partial charge in [0.15, 0.2) is 0 Å². The van der Waals surface area contributed by atoms with Gasteiger partial charge >= 0.3 is 0 Å². The van der Waals surface area contributed by atoms with E-state index in [1.807, 2.05) is 22.4 Å². The first-order valence-corrected chi connectivity index (χ1v) is 9.25. The smallest absolute Gasteiger partial charge is 0.278 e. The molecule has 2 amide bonds. The second-order valence-corrected chi connectivity index (χ2v) is 7.04. The Kier molecular flexibility index (Phi) is 4.57. The molecule has 0 aliphatic carbocycles. The fourth-order valence-electron chi connectivity index (χ4n) is 3.23. The van der Waals surface area contributed by atoms with Gasteiger partial charge in [-0.3, -0.25) is 14.5 Å². The number of thiophene rings is 1. The first-order chi connectivity index (χ1) is 12.7. The van der Waals surface area contributed by atoms with Crippen molar-refractivity contribution in [3.63, 3.8) is 0 Å². The number of imide groups is 1. The van der Waals surface area contributed by atoms with E-state index in [-0.39, 0.29) is 18.4 Å². The standard InChI is InChI=1S/C19H17FN2O3S/c20-14-5-2-1-4-13(14)12-22-18(23)16(15-6-3-11-26-15)17(19(22)24)21-7-9-25-10-8-21/h1-6,11H,7-10,12H2. The molecule has 0 unspecified atom stereocenters. The van der Waals surface area contributed by atoms with Crippen LogP contribution < -0.4 is 0 Å². The van der Waals surface area contributed by atoms with E-state index in [4.69, 9.17) is 4.74 Å². The molecule has 3 heterocycles. The molecular formula is C19H17FN2O3S. The summed E-state index contributed by atoms with van der Waals surface area (Å²) in [4.78, 5) is 29.9. The number of halogens is 1. The molecule has 2 aliphatic rings. The normalized spacial score (nSPS) is 18.2. The van der Waals surface area contributed by atoms with Crippen molar-refractivity contribution in [2.24, 2.45) is 0 Å². The van der Waals surface area contributed by atoms with Crippen LogP contribution in [-0.2, 0) is 20.9 Å². The Hall–Kier alpha value is -2.51. The minimum atomic E-state index is -0.425. The summed E-state index contributed by atoms with van der Waals surface area (Å²) in [6.45, 7) is 2.05. The van der Waals surface area contributed by atoms with Gasteiger partial charge in [-0.05, 0) is 17.5 Å². The number of hydrogen-bond acceptors (Lipinski definition) is 5. The van der Waals surface area contributed by atoms with Crippen molar-refractivity contribution >= 4 is 28.7 Å². The molecule has 134 valence electrons. The molecule has 0 saturated carbocycles. The summed E-state index contributed by atoms with van der Waals surface area (Å²) in [5.41, 5.74) is 1.13. The van der Waals surface area contributed by atoms with Gasteiger partial charge in [0.1, 0.15) is 11.5 Å². The van der Waals surface area contributed by atoms with Gasteiger partial charge in [-0.1, -0.05) is 24.3 Å². The average Bonchev–Trinajstić information content (AvgIpc) is 3.26. The molecule has 0 spiro atoms. The predicted octanol–water partition coefficient (Wildman–Crippen LogP) is 2.50. The van der Waals surface area contributed by atoms with Crippen LogP contribution in [-0.4, -0.2) is 47.9 Å². The SMILES string of the molecule is O=C1C(c2cccs2)=C(N2CCOCC2)C(=O)N1Cc1ccccc1F. The Labute approximate surface area is 154 Å². The van der Waals surface area contributed by atoms with E-state index in [0.29, 0.717) is 43.1 Å². The highest BCUT2D eigenvalue weighted by Gasteiger charge is 2.42. The molecule has 2 aliphatic heterocycles. The fraction of sp³-hybridized carbons (Fsp3) is 0.263. The minimum absolute atomic E-state index is 0.0763. The highest BCUT2D eigenvalue weighted by Crippen LogP contribution is 2.35. The molecule has 4 rings (SSSR count). The molecular weight excluding hydrogens is 355 g/mol. The van der Waals surface area contributed by atoms with Gasteiger partial charge in [-0.25, -0.2) is 4.39 Å². The maximum absolute atomic E-state index is 14.0. The summed E-state index contributed by atoms with van der Waals surface area (Å²) < 4.78 is 19.4. The molecule has 0 radical (unpaired) electrons. The van der Waals surface area contributed by atoms with Gasteiger partial charge in [0.25, 0.3) is 11.8 Å². The zero-order valence-electron chi connectivity index (χ0n) is 14.0. The number of amides is 2. The molecule has 1 aromatic carbocycles. The lowest BCUT2D eigenvalue weighted by Gasteiger charge is -2.29. The summed E-state index contributed by atoms with van der Waals surface area (Å²) >= 11 is 1.42. The molecule has 7 heteroatoms. The third kappa shape index (κ3) is 2.93. The average molecular weight is 372 g/mol. The van der Waals surface area contributed by atoms with Crippen molar-refractivity contribution in [3.8, 4) is 0 Å². The van der Waals surface area contributed by atoms with Gasteiger partial charge < -0.3 is 9.64 Å². The highest BCUT2D eigenvalue weighted by molar-refractivity contribution is 7.11. The molecule has 1 aromatic heterocycles. The fourth-order valence-corrected chi connectivity index (χ4v) is 3.99. The zero-order valence-corrected chi connectivity index (χ0v) is 14.8. The van der Waals surface area contributed by atoms with Gasteiger partial charge in [0.2, 0.25) is 0 Å². The number of nitrogens with zero attached hydrogens (tertiary/aromatic N) is 2. The van der Waals surface area contributed by atoms with E-state index < -0.39 is 5.82 Å². The van der Waals surface area contributed by atoms with E-state index in [9.17, 15) is 14.0 Å². The third-order valence-corrected chi connectivity index (χ3v) is 5.41. The van der Waals surface area contributed by atoms with Crippen molar-refractivity contribution in [3.05, 3.63) is 63.7 Å². The number of carbonyl (C=O) groups excluding carboxylic acids is 2. The summed E-state index contributed by atoms with van der Waals surface area (Å²) in [5.74, 6) is -1.17. The van der Waals surface area contributed by atoms with Gasteiger partial charge in [0.05, 0.1) is 25.3 Å². The third-order valence-electron chi connectivity index (χ3n) is 4.52. The number of benzene rings is 1. The van der Waals surface area contributed by atoms with Crippen LogP contribution in [0, 0.1) is 5.82 Å². The Morgan fingerprint density at radius 3 is 2.50 bits per heavy atom. The largest absolute Gasteiger partial charge is 0.378 e. The second-order valence-electron chi connectivity index (χ2n) is 6.09. The number of rotatable bonds is 4. The van der Waals surface area contributed by atoms with Crippen molar-refractivity contribution in [2.75, 3.05) is 26.3 Å². The van der Waals surface area contributed by atoms with Crippen LogP contribution in [0.5, 0.6) is 0 Å². The monoisotopic (exact) mass is 372 g/mol. The number of carbonyl (C=O) groups is 2. The summed E-state index contributed by atoms with van der Waals surface area (Å²) in [6, 6.07) is 9.88. The van der Waals surface area contributed by atoms with Gasteiger partial charge in [0, 0.05) is 23.5 Å². The topological polar surface area (TPSA) is 49.9 Å². The molecule has 26 heavy (non-hydrogen) atoms. The van der Waals surface area contributed by atoms with Crippen LogP contribution in [0.1, 0.15) is 10.4 Å². The number of ether oxygens (including phenoxy) is 1. The van der Waals surface area contributed by atoms with E-state index in [2.05, 4.69) is 0 Å². The molecule has 0 bridgehead atoms. The van der Waals surface area contributed by atoms with Crippen LogP contribution in [0.25, 0.3) is 5.57 Å². The first-order valence-electron chi connectivity index (χ1n) is 8.37. The van der Waals surface area contributed by atoms with Crippen LogP contribution in [0.4, 0.5) is 4.39 Å². The molecule has 5 nitrogen and oxygen atoms in total. The number of morpholine rings is 1.